The van der Waals surface area contributed by atoms with Crippen LogP contribution in [0.25, 0.3) is 44.5 Å². The van der Waals surface area contributed by atoms with Crippen molar-refractivity contribution in [3.05, 3.63) is 72.5 Å². The molecule has 200 valence electrons. The number of carbonyl (C=O) groups excluding carboxylic acids is 1. The highest BCUT2D eigenvalue weighted by molar-refractivity contribution is 6.07. The number of nitrogens with one attached hydrogen (secondary N) is 2. The van der Waals surface area contributed by atoms with E-state index in [1.165, 1.54) is 6.08 Å². The molecule has 9 nitrogen and oxygen atoms in total. The molecule has 9 heteroatoms. The summed E-state index contributed by atoms with van der Waals surface area (Å²) in [5, 5.41) is 23.2. The number of amides is 1. The standard InChI is InChI=1S/C30H33N7O2/c1-8-25(38)34-24-11-20(10-9-17(24)2)27-26-18(3)22(23-14-32-36(7)19(23)4)13-31-29(26)35-28(27)21-12-33-37(15-21)16-30(5,6)39/h8-15,39H,1,16H2,2-7H3,(H,31,35)(H,34,38). The zero-order valence-electron chi connectivity index (χ0n) is 23.1. The minimum absolute atomic E-state index is 0.269. The van der Waals surface area contributed by atoms with Crippen LogP contribution in [0.4, 0.5) is 5.69 Å². The molecule has 1 aromatic carbocycles. The lowest BCUT2D eigenvalue weighted by atomic mass is 9.93. The Kier molecular flexibility index (Phi) is 6.47. The lowest BCUT2D eigenvalue weighted by Crippen LogP contribution is -2.26. The number of fused-ring (bicyclic) bond motifs is 1. The Hall–Kier alpha value is -4.50. The van der Waals surface area contributed by atoms with Gasteiger partial charge >= 0.3 is 0 Å². The molecule has 0 spiro atoms. The second-order valence-electron chi connectivity index (χ2n) is 10.6. The molecule has 5 aromatic rings. The number of rotatable bonds is 7. The normalized spacial score (nSPS) is 11.8. The second kappa shape index (κ2) is 9.67. The van der Waals surface area contributed by atoms with Gasteiger partial charge in [0.05, 0.1) is 30.2 Å². The van der Waals surface area contributed by atoms with E-state index in [0.717, 1.165) is 61.4 Å². The Balaban J connectivity index is 1.77. The van der Waals surface area contributed by atoms with E-state index in [9.17, 15) is 9.90 Å². The molecule has 0 bridgehead atoms. The van der Waals surface area contributed by atoms with Crippen LogP contribution in [0, 0.1) is 20.8 Å². The highest BCUT2D eigenvalue weighted by atomic mass is 16.3. The number of hydrogen-bond acceptors (Lipinski definition) is 5. The number of nitrogens with zero attached hydrogens (tertiary/aromatic N) is 5. The van der Waals surface area contributed by atoms with Crippen LogP contribution < -0.4 is 5.32 Å². The van der Waals surface area contributed by atoms with Crippen molar-refractivity contribution in [2.75, 3.05) is 5.32 Å². The Morgan fingerprint density at radius 2 is 1.90 bits per heavy atom. The van der Waals surface area contributed by atoms with Crippen LogP contribution in [-0.4, -0.2) is 46.1 Å². The summed E-state index contributed by atoms with van der Waals surface area (Å²) >= 11 is 0. The largest absolute Gasteiger partial charge is 0.389 e. The fraction of sp³-hybridized carbons (Fsp3) is 0.267. The summed E-state index contributed by atoms with van der Waals surface area (Å²) in [7, 11) is 1.93. The molecule has 0 radical (unpaired) electrons. The summed E-state index contributed by atoms with van der Waals surface area (Å²) < 4.78 is 3.59. The summed E-state index contributed by atoms with van der Waals surface area (Å²) in [5.41, 5.74) is 9.22. The van der Waals surface area contributed by atoms with Crippen molar-refractivity contribution < 1.29 is 9.90 Å². The van der Waals surface area contributed by atoms with Crippen molar-refractivity contribution >= 4 is 22.6 Å². The van der Waals surface area contributed by atoms with Gasteiger partial charge in [-0.05, 0) is 63.5 Å². The van der Waals surface area contributed by atoms with Gasteiger partial charge in [0.2, 0.25) is 5.91 Å². The number of aromatic nitrogens is 6. The summed E-state index contributed by atoms with van der Waals surface area (Å²) in [6, 6.07) is 6.02. The van der Waals surface area contributed by atoms with Crippen LogP contribution in [0.15, 0.2) is 55.6 Å². The first-order chi connectivity index (χ1) is 18.5. The molecular weight excluding hydrogens is 490 g/mol. The van der Waals surface area contributed by atoms with Gasteiger partial charge in [-0.1, -0.05) is 18.7 Å². The quantitative estimate of drug-likeness (QED) is 0.250. The van der Waals surface area contributed by atoms with Crippen molar-refractivity contribution in [2.24, 2.45) is 7.05 Å². The third kappa shape index (κ3) is 4.88. The maximum Gasteiger partial charge on any atom is 0.247 e. The highest BCUT2D eigenvalue weighted by Gasteiger charge is 2.23. The number of anilines is 1. The zero-order valence-corrected chi connectivity index (χ0v) is 23.1. The molecule has 0 atom stereocenters. The Bertz CT molecular complexity index is 1730. The molecule has 0 aliphatic rings. The summed E-state index contributed by atoms with van der Waals surface area (Å²) in [5.74, 6) is -0.269. The molecule has 0 fully saturated rings. The molecule has 0 aliphatic carbocycles. The van der Waals surface area contributed by atoms with Gasteiger partial charge in [0.1, 0.15) is 5.65 Å². The zero-order chi connectivity index (χ0) is 28.1. The van der Waals surface area contributed by atoms with E-state index >= 15 is 0 Å². The van der Waals surface area contributed by atoms with Crippen molar-refractivity contribution in [1.82, 2.24) is 29.5 Å². The van der Waals surface area contributed by atoms with E-state index in [1.807, 2.05) is 62.4 Å². The second-order valence-corrected chi connectivity index (χ2v) is 10.6. The first kappa shape index (κ1) is 26.1. The van der Waals surface area contributed by atoms with E-state index in [0.29, 0.717) is 12.2 Å². The van der Waals surface area contributed by atoms with E-state index in [2.05, 4.69) is 34.0 Å². The Morgan fingerprint density at radius 1 is 1.13 bits per heavy atom. The monoisotopic (exact) mass is 523 g/mol. The molecule has 5 rings (SSSR count). The number of H-pyrrole nitrogens is 1. The van der Waals surface area contributed by atoms with Gasteiger partial charge in [0.15, 0.2) is 0 Å². The van der Waals surface area contributed by atoms with Crippen molar-refractivity contribution in [2.45, 2.75) is 46.8 Å². The predicted molar refractivity (Wildman–Crippen MR) is 154 cm³/mol. The number of benzene rings is 1. The van der Waals surface area contributed by atoms with Crippen LogP contribution in [-0.2, 0) is 18.4 Å². The summed E-state index contributed by atoms with van der Waals surface area (Å²) in [6.07, 6.45) is 8.72. The molecule has 3 N–H and O–H groups in total. The predicted octanol–water partition coefficient (Wildman–Crippen LogP) is 5.31. The molecule has 0 unspecified atom stereocenters. The van der Waals surface area contributed by atoms with Crippen LogP contribution in [0.2, 0.25) is 0 Å². The van der Waals surface area contributed by atoms with Crippen LogP contribution >= 0.6 is 0 Å². The topological polar surface area (TPSA) is 114 Å². The molecule has 4 aromatic heterocycles. The van der Waals surface area contributed by atoms with Gasteiger partial charge < -0.3 is 15.4 Å². The van der Waals surface area contributed by atoms with Crippen LogP contribution in [0.1, 0.15) is 30.7 Å². The van der Waals surface area contributed by atoms with Gasteiger partial charge in [-0.15, -0.1) is 0 Å². The van der Waals surface area contributed by atoms with Crippen molar-refractivity contribution in [3.8, 4) is 33.5 Å². The van der Waals surface area contributed by atoms with Gasteiger partial charge in [0.25, 0.3) is 0 Å². The number of aliphatic hydroxyl groups is 1. The van der Waals surface area contributed by atoms with Gasteiger partial charge in [-0.3, -0.25) is 14.2 Å². The lowest BCUT2D eigenvalue weighted by Gasteiger charge is -2.16. The molecule has 4 heterocycles. The molecule has 0 aliphatic heterocycles. The smallest absolute Gasteiger partial charge is 0.247 e. The first-order valence-electron chi connectivity index (χ1n) is 12.8. The van der Waals surface area contributed by atoms with E-state index in [-0.39, 0.29) is 5.91 Å². The minimum Gasteiger partial charge on any atom is -0.389 e. The van der Waals surface area contributed by atoms with E-state index in [1.54, 1.807) is 24.7 Å². The number of hydrogen-bond donors (Lipinski definition) is 3. The Labute approximate surface area is 227 Å². The summed E-state index contributed by atoms with van der Waals surface area (Å²) in [6.45, 7) is 13.5. The molecular formula is C30H33N7O2. The highest BCUT2D eigenvalue weighted by Crippen LogP contribution is 2.42. The maximum atomic E-state index is 12.2. The summed E-state index contributed by atoms with van der Waals surface area (Å²) in [4.78, 5) is 20.5. The molecule has 0 saturated carbocycles. The number of aryl methyl sites for hydroxylation is 3. The lowest BCUT2D eigenvalue weighted by molar-refractivity contribution is -0.111. The van der Waals surface area contributed by atoms with Crippen molar-refractivity contribution in [1.29, 1.82) is 0 Å². The van der Waals surface area contributed by atoms with Crippen LogP contribution in [0.5, 0.6) is 0 Å². The molecule has 39 heavy (non-hydrogen) atoms. The van der Waals surface area contributed by atoms with Gasteiger partial charge in [0, 0.05) is 58.5 Å². The number of aromatic amines is 1. The van der Waals surface area contributed by atoms with Crippen molar-refractivity contribution in [3.63, 3.8) is 0 Å². The molecule has 1 amide bonds. The molecule has 0 saturated heterocycles. The number of pyridine rings is 1. The fourth-order valence-corrected chi connectivity index (χ4v) is 4.92. The van der Waals surface area contributed by atoms with E-state index in [4.69, 9.17) is 4.98 Å². The van der Waals surface area contributed by atoms with E-state index < -0.39 is 5.60 Å². The Morgan fingerprint density at radius 3 is 2.56 bits per heavy atom. The minimum atomic E-state index is -0.906. The average Bonchev–Trinajstić information content (AvgIpc) is 3.58. The third-order valence-electron chi connectivity index (χ3n) is 7.05. The van der Waals surface area contributed by atoms with Gasteiger partial charge in [-0.25, -0.2) is 4.98 Å². The van der Waals surface area contributed by atoms with Gasteiger partial charge in [-0.2, -0.15) is 10.2 Å². The number of carbonyl (C=O) groups is 1. The fourth-order valence-electron chi connectivity index (χ4n) is 4.92. The maximum absolute atomic E-state index is 12.2. The SMILES string of the molecule is C=CC(=O)Nc1cc(-c2c(-c3cnn(CC(C)(C)O)c3)[nH]c3ncc(-c4cnn(C)c4C)c(C)c23)ccc1C. The third-order valence-corrected chi connectivity index (χ3v) is 7.05. The average molecular weight is 524 g/mol. The van der Waals surface area contributed by atoms with Crippen LogP contribution in [0.3, 0.4) is 0 Å². The first-order valence-corrected chi connectivity index (χ1v) is 12.8.